The Kier molecular flexibility index (Phi) is 6.13. The average Bonchev–Trinajstić information content (AvgIpc) is 2.71. The van der Waals surface area contributed by atoms with Crippen molar-refractivity contribution < 1.29 is 27.1 Å². The molecule has 0 fully saturated rings. The monoisotopic (exact) mass is 469 g/mol. The summed E-state index contributed by atoms with van der Waals surface area (Å²) < 4.78 is 60.9. The number of hydrogen-bond donors (Lipinski definition) is 2. The normalized spacial score (nSPS) is 23.2. The summed E-state index contributed by atoms with van der Waals surface area (Å²) in [6, 6.07) is 6.10. The minimum absolute atomic E-state index is 0.0387. The number of nitrogens with one attached hydrogen (secondary N) is 1. The number of amidine groups is 1. The van der Waals surface area contributed by atoms with E-state index in [1.165, 1.54) is 13.0 Å². The van der Waals surface area contributed by atoms with Crippen LogP contribution in [-0.4, -0.2) is 35.1 Å². The number of ether oxygens (including phenoxy) is 1. The summed E-state index contributed by atoms with van der Waals surface area (Å²) in [6.45, 7) is 2.35. The van der Waals surface area contributed by atoms with Gasteiger partial charge >= 0.3 is 6.18 Å². The number of carbonyl (C=O) groups is 1. The van der Waals surface area contributed by atoms with Gasteiger partial charge in [-0.15, -0.1) is 0 Å². The van der Waals surface area contributed by atoms with Gasteiger partial charge in [0.25, 0.3) is 5.91 Å². The van der Waals surface area contributed by atoms with Gasteiger partial charge in [0, 0.05) is 17.4 Å². The highest BCUT2D eigenvalue weighted by molar-refractivity contribution is 6.34. The number of anilines is 1. The minimum Gasteiger partial charge on any atom is -0.385 e. The maximum Gasteiger partial charge on any atom is 0.417 e. The molecule has 12 heteroatoms. The zero-order valence-electron chi connectivity index (χ0n) is 16.7. The molecular formula is C20H16ClF4N5O2. The first kappa shape index (κ1) is 23.4. The fourth-order valence-corrected chi connectivity index (χ4v) is 3.52. The summed E-state index contributed by atoms with van der Waals surface area (Å²) in [7, 11) is 0. The van der Waals surface area contributed by atoms with Crippen LogP contribution < -0.4 is 11.1 Å². The van der Waals surface area contributed by atoms with Crippen LogP contribution in [-0.2, 0) is 10.3 Å². The molecule has 1 aromatic carbocycles. The molecule has 0 saturated carbocycles. The van der Waals surface area contributed by atoms with Crippen LogP contribution in [0.3, 0.4) is 0 Å². The average molecular weight is 470 g/mol. The summed E-state index contributed by atoms with van der Waals surface area (Å²) in [4.78, 5) is 20.2. The third kappa shape index (κ3) is 4.37. The molecule has 1 amide bonds. The van der Waals surface area contributed by atoms with Gasteiger partial charge in [-0.1, -0.05) is 11.6 Å². The maximum absolute atomic E-state index is 14.7. The molecular weight excluding hydrogens is 454 g/mol. The second-order valence-electron chi connectivity index (χ2n) is 7.20. The highest BCUT2D eigenvalue weighted by atomic mass is 35.5. The molecule has 0 aliphatic carbocycles. The van der Waals surface area contributed by atoms with E-state index in [1.54, 1.807) is 0 Å². The molecule has 168 valence electrons. The number of aliphatic imine (C=N–C) groups is 1. The maximum atomic E-state index is 14.7. The Labute approximate surface area is 184 Å². The Balaban J connectivity index is 2.01. The smallest absolute Gasteiger partial charge is 0.385 e. The van der Waals surface area contributed by atoms with Gasteiger partial charge in [-0.3, -0.25) is 9.79 Å². The van der Waals surface area contributed by atoms with E-state index in [9.17, 15) is 22.4 Å². The van der Waals surface area contributed by atoms with Crippen LogP contribution >= 0.6 is 11.6 Å². The number of hydrogen-bond acceptors (Lipinski definition) is 6. The first-order valence-electron chi connectivity index (χ1n) is 9.11. The number of halogens is 5. The lowest BCUT2D eigenvalue weighted by Crippen LogP contribution is -2.55. The summed E-state index contributed by atoms with van der Waals surface area (Å²) in [5, 5.41) is 11.1. The first-order chi connectivity index (χ1) is 14.9. The molecule has 3 rings (SSSR count). The quantitative estimate of drug-likeness (QED) is 0.661. The standard InChI is InChI=1S/C20H16ClF4N5O2/c1-9-16(27)30-19(2,18(32-9)20(23,24)25)12-6-11(3-4-14(12)22)29-17(31)15-13(21)5-10(7-26)8-28-15/h3-6,8-9,18H,1-2H3,(H2,27,30)(H,29,31)/t9-,18-,19-/m1/s1. The van der Waals surface area contributed by atoms with Crippen LogP contribution in [0.25, 0.3) is 0 Å². The Hall–Kier alpha value is -3.23. The Bertz CT molecular complexity index is 1150. The van der Waals surface area contributed by atoms with Gasteiger partial charge in [0.1, 0.15) is 35.1 Å². The molecule has 0 unspecified atom stereocenters. The van der Waals surface area contributed by atoms with Crippen LogP contribution in [0.15, 0.2) is 35.5 Å². The predicted molar refractivity (Wildman–Crippen MR) is 108 cm³/mol. The van der Waals surface area contributed by atoms with Crippen molar-refractivity contribution in [2.24, 2.45) is 10.7 Å². The molecule has 1 aliphatic heterocycles. The van der Waals surface area contributed by atoms with Gasteiger partial charge in [0.05, 0.1) is 10.6 Å². The first-order valence-corrected chi connectivity index (χ1v) is 9.49. The lowest BCUT2D eigenvalue weighted by Gasteiger charge is -2.41. The van der Waals surface area contributed by atoms with Gasteiger partial charge in [0.2, 0.25) is 0 Å². The van der Waals surface area contributed by atoms with Crippen molar-refractivity contribution in [2.45, 2.75) is 37.8 Å². The fourth-order valence-electron chi connectivity index (χ4n) is 3.27. The van der Waals surface area contributed by atoms with E-state index in [2.05, 4.69) is 15.3 Å². The second-order valence-corrected chi connectivity index (χ2v) is 7.61. The number of nitrogens with zero attached hydrogens (tertiary/aromatic N) is 3. The number of alkyl halides is 3. The van der Waals surface area contributed by atoms with Gasteiger partial charge in [-0.25, -0.2) is 9.37 Å². The lowest BCUT2D eigenvalue weighted by atomic mass is 9.84. The van der Waals surface area contributed by atoms with E-state index in [4.69, 9.17) is 27.3 Å². The molecule has 7 nitrogen and oxygen atoms in total. The topological polar surface area (TPSA) is 113 Å². The van der Waals surface area contributed by atoms with E-state index >= 15 is 0 Å². The minimum atomic E-state index is -4.88. The molecule has 32 heavy (non-hydrogen) atoms. The number of aromatic nitrogens is 1. The van der Waals surface area contributed by atoms with Gasteiger partial charge in [-0.2, -0.15) is 18.4 Å². The predicted octanol–water partition coefficient (Wildman–Crippen LogP) is 3.92. The molecule has 0 saturated heterocycles. The van der Waals surface area contributed by atoms with Crippen LogP contribution in [0.1, 0.15) is 35.5 Å². The van der Waals surface area contributed by atoms with Gasteiger partial charge < -0.3 is 15.8 Å². The molecule has 0 radical (unpaired) electrons. The van der Waals surface area contributed by atoms with Crippen LogP contribution in [0, 0.1) is 17.1 Å². The van der Waals surface area contributed by atoms with Crippen molar-refractivity contribution in [3.63, 3.8) is 0 Å². The molecule has 0 bridgehead atoms. The summed E-state index contributed by atoms with van der Waals surface area (Å²) >= 11 is 5.96. The number of benzene rings is 1. The zero-order chi connectivity index (χ0) is 23.8. The molecule has 3 atom stereocenters. The summed E-state index contributed by atoms with van der Waals surface area (Å²) in [5.41, 5.74) is 2.84. The van der Waals surface area contributed by atoms with Crippen LogP contribution in [0.2, 0.25) is 5.02 Å². The zero-order valence-corrected chi connectivity index (χ0v) is 17.4. The highest BCUT2D eigenvalue weighted by Crippen LogP contribution is 2.44. The second kappa shape index (κ2) is 8.37. The summed E-state index contributed by atoms with van der Waals surface area (Å²) in [6.07, 6.45) is -7.35. The van der Waals surface area contributed by atoms with Gasteiger partial charge in [-0.05, 0) is 38.1 Å². The summed E-state index contributed by atoms with van der Waals surface area (Å²) in [5.74, 6) is -2.04. The third-order valence-corrected chi connectivity index (χ3v) is 5.17. The van der Waals surface area contributed by atoms with E-state index in [0.717, 1.165) is 31.3 Å². The molecule has 0 spiro atoms. The SMILES string of the molecule is C[C@H]1O[C@@H](C(F)(F)F)[C@@](C)(c2cc(NC(=O)c3ncc(C#N)cc3Cl)ccc2F)N=C1N. The number of rotatable bonds is 3. The number of pyridine rings is 1. The Morgan fingerprint density at radius 1 is 1.38 bits per heavy atom. The van der Waals surface area contributed by atoms with Crippen LogP contribution in [0.5, 0.6) is 0 Å². The van der Waals surface area contributed by atoms with Crippen molar-refractivity contribution in [3.8, 4) is 6.07 Å². The van der Waals surface area contributed by atoms with Crippen molar-refractivity contribution in [1.82, 2.24) is 4.98 Å². The van der Waals surface area contributed by atoms with Crippen molar-refractivity contribution in [1.29, 1.82) is 5.26 Å². The van der Waals surface area contributed by atoms with Crippen molar-refractivity contribution in [2.75, 3.05) is 5.32 Å². The molecule has 1 aliphatic rings. The highest BCUT2D eigenvalue weighted by Gasteiger charge is 2.57. The van der Waals surface area contributed by atoms with Gasteiger partial charge in [0.15, 0.2) is 6.10 Å². The number of nitriles is 1. The Morgan fingerprint density at radius 3 is 2.66 bits per heavy atom. The molecule has 2 aromatic rings. The third-order valence-electron chi connectivity index (χ3n) is 4.88. The largest absolute Gasteiger partial charge is 0.417 e. The molecule has 3 N–H and O–H groups in total. The number of carbonyl (C=O) groups excluding carboxylic acids is 1. The van der Waals surface area contributed by atoms with Crippen molar-refractivity contribution in [3.05, 3.63) is 58.1 Å². The lowest BCUT2D eigenvalue weighted by molar-refractivity contribution is -0.248. The van der Waals surface area contributed by atoms with Crippen molar-refractivity contribution >= 4 is 29.0 Å². The van der Waals surface area contributed by atoms with E-state index in [0.29, 0.717) is 0 Å². The number of nitrogens with two attached hydrogens (primary N) is 1. The molecule has 2 heterocycles. The van der Waals surface area contributed by atoms with E-state index in [1.807, 2.05) is 6.07 Å². The van der Waals surface area contributed by atoms with E-state index < -0.39 is 41.2 Å². The Morgan fingerprint density at radius 2 is 2.06 bits per heavy atom. The fraction of sp³-hybridized carbons (Fsp3) is 0.300. The molecule has 1 aromatic heterocycles. The van der Waals surface area contributed by atoms with Crippen LogP contribution in [0.4, 0.5) is 23.2 Å². The number of amides is 1. The van der Waals surface area contributed by atoms with E-state index in [-0.39, 0.29) is 27.8 Å².